The SMILES string of the molecule is O=C(COC(=O)c1sccc1-n1cccc1)Nc1ccc(CN2CCOCC2)cc1. The number of benzene rings is 1. The van der Waals surface area contributed by atoms with Gasteiger partial charge in [0.15, 0.2) is 6.61 Å². The topological polar surface area (TPSA) is 72.8 Å². The van der Waals surface area contributed by atoms with E-state index in [9.17, 15) is 9.59 Å². The number of esters is 1. The maximum Gasteiger partial charge on any atom is 0.350 e. The van der Waals surface area contributed by atoms with E-state index >= 15 is 0 Å². The lowest BCUT2D eigenvalue weighted by Crippen LogP contribution is -2.35. The van der Waals surface area contributed by atoms with Crippen molar-refractivity contribution in [3.63, 3.8) is 0 Å². The van der Waals surface area contributed by atoms with Gasteiger partial charge in [0.05, 0.1) is 18.9 Å². The summed E-state index contributed by atoms with van der Waals surface area (Å²) in [4.78, 5) is 27.4. The van der Waals surface area contributed by atoms with E-state index in [2.05, 4.69) is 10.2 Å². The molecule has 1 aromatic carbocycles. The normalized spacial score (nSPS) is 14.4. The van der Waals surface area contributed by atoms with Crippen LogP contribution in [-0.4, -0.2) is 54.3 Å². The summed E-state index contributed by atoms with van der Waals surface area (Å²) in [5.74, 6) is -0.881. The number of carbonyl (C=O) groups excluding carboxylic acids is 2. The first-order valence-electron chi connectivity index (χ1n) is 9.76. The average Bonchev–Trinajstić information content (AvgIpc) is 3.46. The average molecular weight is 426 g/mol. The van der Waals surface area contributed by atoms with E-state index in [0.717, 1.165) is 38.5 Å². The van der Waals surface area contributed by atoms with Gasteiger partial charge < -0.3 is 19.4 Å². The highest BCUT2D eigenvalue weighted by molar-refractivity contribution is 7.12. The summed E-state index contributed by atoms with van der Waals surface area (Å²) in [6.07, 6.45) is 3.71. The molecule has 0 atom stereocenters. The van der Waals surface area contributed by atoms with Crippen LogP contribution < -0.4 is 5.32 Å². The number of hydrogen-bond donors (Lipinski definition) is 1. The molecule has 1 aliphatic rings. The first-order valence-corrected chi connectivity index (χ1v) is 10.6. The number of carbonyl (C=O) groups is 2. The van der Waals surface area contributed by atoms with Crippen molar-refractivity contribution in [3.8, 4) is 5.69 Å². The summed E-state index contributed by atoms with van der Waals surface area (Å²) in [6.45, 7) is 3.92. The summed E-state index contributed by atoms with van der Waals surface area (Å²) in [5.41, 5.74) is 2.59. The van der Waals surface area contributed by atoms with Gasteiger partial charge in [0.25, 0.3) is 5.91 Å². The molecule has 0 saturated carbocycles. The van der Waals surface area contributed by atoms with Crippen LogP contribution in [0.15, 0.2) is 60.2 Å². The zero-order chi connectivity index (χ0) is 20.8. The number of amides is 1. The maximum absolute atomic E-state index is 12.4. The van der Waals surface area contributed by atoms with Gasteiger partial charge in [-0.05, 0) is 41.3 Å². The summed E-state index contributed by atoms with van der Waals surface area (Å²) >= 11 is 1.29. The van der Waals surface area contributed by atoms with Gasteiger partial charge in [0.2, 0.25) is 0 Å². The molecule has 0 aliphatic carbocycles. The Morgan fingerprint density at radius 3 is 2.53 bits per heavy atom. The van der Waals surface area contributed by atoms with Crippen molar-refractivity contribution in [2.24, 2.45) is 0 Å². The fraction of sp³-hybridized carbons (Fsp3) is 0.273. The lowest BCUT2D eigenvalue weighted by atomic mass is 10.2. The third-order valence-electron chi connectivity index (χ3n) is 4.79. The second-order valence-corrected chi connectivity index (χ2v) is 7.85. The zero-order valence-electron chi connectivity index (χ0n) is 16.5. The quantitative estimate of drug-likeness (QED) is 0.589. The molecule has 1 amide bonds. The second-order valence-electron chi connectivity index (χ2n) is 6.94. The predicted molar refractivity (Wildman–Crippen MR) is 115 cm³/mol. The van der Waals surface area contributed by atoms with Gasteiger partial charge in [-0.2, -0.15) is 0 Å². The van der Waals surface area contributed by atoms with Gasteiger partial charge in [-0.25, -0.2) is 4.79 Å². The van der Waals surface area contributed by atoms with Crippen molar-refractivity contribution in [2.45, 2.75) is 6.54 Å². The van der Waals surface area contributed by atoms with Crippen LogP contribution in [0.1, 0.15) is 15.2 Å². The van der Waals surface area contributed by atoms with Crippen LogP contribution in [0.5, 0.6) is 0 Å². The Morgan fingerprint density at radius 2 is 1.80 bits per heavy atom. The molecule has 30 heavy (non-hydrogen) atoms. The monoisotopic (exact) mass is 425 g/mol. The maximum atomic E-state index is 12.4. The molecule has 2 aromatic heterocycles. The highest BCUT2D eigenvalue weighted by Gasteiger charge is 2.17. The molecule has 4 rings (SSSR count). The molecular formula is C22H23N3O4S. The largest absolute Gasteiger partial charge is 0.451 e. The Hall–Kier alpha value is -2.94. The van der Waals surface area contributed by atoms with E-state index in [1.807, 2.05) is 64.8 Å². The molecule has 1 N–H and O–H groups in total. The number of anilines is 1. The van der Waals surface area contributed by atoms with Gasteiger partial charge in [-0.1, -0.05) is 12.1 Å². The number of nitrogens with one attached hydrogen (secondary N) is 1. The molecule has 3 aromatic rings. The number of morpholine rings is 1. The molecule has 7 nitrogen and oxygen atoms in total. The number of thiophene rings is 1. The minimum absolute atomic E-state index is 0.336. The minimum atomic E-state index is -0.510. The molecule has 1 aliphatic heterocycles. The smallest absolute Gasteiger partial charge is 0.350 e. The molecule has 0 radical (unpaired) electrons. The number of hydrogen-bond acceptors (Lipinski definition) is 6. The van der Waals surface area contributed by atoms with Crippen molar-refractivity contribution < 1.29 is 19.1 Å². The van der Waals surface area contributed by atoms with Crippen LogP contribution in [0, 0.1) is 0 Å². The standard InChI is InChI=1S/C22H23N3O4S/c26-20(16-29-22(27)21-19(7-14-30-21)25-8-1-2-9-25)23-18-5-3-17(4-6-18)15-24-10-12-28-13-11-24/h1-9,14H,10-13,15-16H2,(H,23,26). The summed E-state index contributed by atoms with van der Waals surface area (Å²) in [6, 6.07) is 13.3. The summed E-state index contributed by atoms with van der Waals surface area (Å²) in [5, 5.41) is 4.59. The molecule has 1 fully saturated rings. The fourth-order valence-electron chi connectivity index (χ4n) is 3.26. The summed E-state index contributed by atoms with van der Waals surface area (Å²) in [7, 11) is 0. The van der Waals surface area contributed by atoms with Crippen LogP contribution in [-0.2, 0) is 20.8 Å². The van der Waals surface area contributed by atoms with Crippen molar-refractivity contribution in [1.29, 1.82) is 0 Å². The van der Waals surface area contributed by atoms with Crippen molar-refractivity contribution in [2.75, 3.05) is 38.2 Å². The molecule has 3 heterocycles. The van der Waals surface area contributed by atoms with Crippen LogP contribution in [0.2, 0.25) is 0 Å². The Bertz CT molecular complexity index is 976. The Labute approximate surface area is 178 Å². The molecule has 0 unspecified atom stereocenters. The molecule has 8 heteroatoms. The van der Waals surface area contributed by atoms with Crippen molar-refractivity contribution >= 4 is 28.9 Å². The van der Waals surface area contributed by atoms with E-state index in [1.165, 1.54) is 16.9 Å². The van der Waals surface area contributed by atoms with Crippen LogP contribution >= 0.6 is 11.3 Å². The van der Waals surface area contributed by atoms with Crippen LogP contribution in [0.25, 0.3) is 5.69 Å². The highest BCUT2D eigenvalue weighted by atomic mass is 32.1. The Kier molecular flexibility index (Phi) is 6.58. The number of ether oxygens (including phenoxy) is 2. The van der Waals surface area contributed by atoms with E-state index in [1.54, 1.807) is 0 Å². The third-order valence-corrected chi connectivity index (χ3v) is 5.68. The van der Waals surface area contributed by atoms with Gasteiger partial charge in [-0.15, -0.1) is 11.3 Å². The Morgan fingerprint density at radius 1 is 1.07 bits per heavy atom. The zero-order valence-corrected chi connectivity index (χ0v) is 17.3. The van der Waals surface area contributed by atoms with E-state index in [0.29, 0.717) is 10.6 Å². The first kappa shape index (κ1) is 20.3. The first-order chi connectivity index (χ1) is 14.7. The molecule has 0 bridgehead atoms. The van der Waals surface area contributed by atoms with Gasteiger partial charge in [-0.3, -0.25) is 9.69 Å². The lowest BCUT2D eigenvalue weighted by Gasteiger charge is -2.26. The highest BCUT2D eigenvalue weighted by Crippen LogP contribution is 2.22. The van der Waals surface area contributed by atoms with Crippen LogP contribution in [0.4, 0.5) is 5.69 Å². The van der Waals surface area contributed by atoms with E-state index in [4.69, 9.17) is 9.47 Å². The van der Waals surface area contributed by atoms with Gasteiger partial charge in [0.1, 0.15) is 4.88 Å². The molecule has 1 saturated heterocycles. The van der Waals surface area contributed by atoms with Gasteiger partial charge in [0, 0.05) is 37.7 Å². The lowest BCUT2D eigenvalue weighted by molar-refractivity contribution is -0.119. The van der Waals surface area contributed by atoms with E-state index < -0.39 is 5.97 Å². The molecule has 156 valence electrons. The predicted octanol–water partition coefficient (Wildman–Crippen LogP) is 3.17. The van der Waals surface area contributed by atoms with Gasteiger partial charge >= 0.3 is 5.97 Å². The van der Waals surface area contributed by atoms with Crippen LogP contribution in [0.3, 0.4) is 0 Å². The molecule has 0 spiro atoms. The fourth-order valence-corrected chi connectivity index (χ4v) is 4.04. The second kappa shape index (κ2) is 9.71. The molecular weight excluding hydrogens is 402 g/mol. The third kappa shape index (κ3) is 5.15. The number of nitrogens with zero attached hydrogens (tertiary/aromatic N) is 2. The Balaban J connectivity index is 1.27. The summed E-state index contributed by atoms with van der Waals surface area (Å²) < 4.78 is 12.4. The van der Waals surface area contributed by atoms with Crippen molar-refractivity contribution in [1.82, 2.24) is 9.47 Å². The number of rotatable bonds is 7. The minimum Gasteiger partial charge on any atom is -0.451 e. The number of aromatic nitrogens is 1. The van der Waals surface area contributed by atoms with Crippen molar-refractivity contribution in [3.05, 3.63) is 70.7 Å². The van der Waals surface area contributed by atoms with E-state index in [-0.39, 0.29) is 12.5 Å².